The molecule has 0 spiro atoms. The first-order chi connectivity index (χ1) is 9.60. The van der Waals surface area contributed by atoms with Crippen LogP contribution in [0.1, 0.15) is 23.7 Å². The van der Waals surface area contributed by atoms with Crippen molar-refractivity contribution in [2.75, 3.05) is 24.2 Å². The number of nitrogens with zero attached hydrogens (tertiary/aromatic N) is 1. The molecular formula is C14H18N2O3S. The van der Waals surface area contributed by atoms with Gasteiger partial charge in [-0.1, -0.05) is 6.92 Å². The second-order valence-corrected chi connectivity index (χ2v) is 6.07. The van der Waals surface area contributed by atoms with Crippen LogP contribution in [0.25, 0.3) is 0 Å². The number of carboxylic acids is 1. The molecule has 6 heteroatoms. The van der Waals surface area contributed by atoms with Gasteiger partial charge in [-0.15, -0.1) is 0 Å². The van der Waals surface area contributed by atoms with Crippen molar-refractivity contribution in [2.45, 2.75) is 18.6 Å². The van der Waals surface area contributed by atoms with Gasteiger partial charge in [0.15, 0.2) is 0 Å². The highest BCUT2D eigenvalue weighted by Gasteiger charge is 2.22. The zero-order chi connectivity index (χ0) is 14.5. The highest BCUT2D eigenvalue weighted by Crippen LogP contribution is 2.21. The predicted molar refractivity (Wildman–Crippen MR) is 80.5 cm³/mol. The molecule has 1 unspecified atom stereocenters. The number of benzene rings is 1. The highest BCUT2D eigenvalue weighted by atomic mass is 32.2. The molecule has 0 bridgehead atoms. The van der Waals surface area contributed by atoms with Crippen LogP contribution in [0.3, 0.4) is 0 Å². The van der Waals surface area contributed by atoms with Gasteiger partial charge in [-0.2, -0.15) is 11.8 Å². The molecule has 1 aliphatic heterocycles. The summed E-state index contributed by atoms with van der Waals surface area (Å²) in [6.07, 6.45) is 1.06. The SMILES string of the molecule is CCC1CN(C(=O)Nc2ccc(C(=O)O)cc2)CCS1. The summed E-state index contributed by atoms with van der Waals surface area (Å²) in [5.41, 5.74) is 0.828. The van der Waals surface area contributed by atoms with E-state index in [0.717, 1.165) is 25.3 Å². The van der Waals surface area contributed by atoms with Crippen LogP contribution in [0.5, 0.6) is 0 Å². The third-order valence-corrected chi connectivity index (χ3v) is 4.64. The van der Waals surface area contributed by atoms with Crippen LogP contribution in [0.4, 0.5) is 10.5 Å². The van der Waals surface area contributed by atoms with Crippen LogP contribution >= 0.6 is 11.8 Å². The molecule has 1 atom stereocenters. The van der Waals surface area contributed by atoms with Crippen molar-refractivity contribution in [3.8, 4) is 0 Å². The number of anilines is 1. The summed E-state index contributed by atoms with van der Waals surface area (Å²) in [4.78, 5) is 24.7. The largest absolute Gasteiger partial charge is 0.478 e. The van der Waals surface area contributed by atoms with Gasteiger partial charge in [0, 0.05) is 29.8 Å². The number of thioether (sulfide) groups is 1. The van der Waals surface area contributed by atoms with Gasteiger partial charge in [0.1, 0.15) is 0 Å². The first-order valence-corrected chi connectivity index (χ1v) is 7.66. The fraction of sp³-hybridized carbons (Fsp3) is 0.429. The topological polar surface area (TPSA) is 69.6 Å². The lowest BCUT2D eigenvalue weighted by Gasteiger charge is -2.31. The Labute approximate surface area is 122 Å². The number of carbonyl (C=O) groups is 2. The van der Waals surface area contributed by atoms with Gasteiger partial charge >= 0.3 is 12.0 Å². The third-order valence-electron chi connectivity index (χ3n) is 3.26. The van der Waals surface area contributed by atoms with E-state index in [0.29, 0.717) is 10.9 Å². The molecule has 2 rings (SSSR count). The lowest BCUT2D eigenvalue weighted by atomic mass is 10.2. The maximum absolute atomic E-state index is 12.1. The summed E-state index contributed by atoms with van der Waals surface area (Å²) in [7, 11) is 0. The summed E-state index contributed by atoms with van der Waals surface area (Å²) < 4.78 is 0. The second kappa shape index (κ2) is 6.65. The van der Waals surface area contributed by atoms with Crippen LogP contribution in [0.15, 0.2) is 24.3 Å². The number of urea groups is 1. The van der Waals surface area contributed by atoms with Gasteiger partial charge in [-0.25, -0.2) is 9.59 Å². The van der Waals surface area contributed by atoms with Gasteiger partial charge in [0.25, 0.3) is 0 Å². The van der Waals surface area contributed by atoms with E-state index in [1.165, 1.54) is 12.1 Å². The van der Waals surface area contributed by atoms with E-state index in [4.69, 9.17) is 5.11 Å². The fourth-order valence-electron chi connectivity index (χ4n) is 2.05. The number of carbonyl (C=O) groups excluding carboxylic acids is 1. The average Bonchev–Trinajstić information content (AvgIpc) is 2.47. The van der Waals surface area contributed by atoms with Crippen molar-refractivity contribution in [1.82, 2.24) is 4.90 Å². The quantitative estimate of drug-likeness (QED) is 0.899. The van der Waals surface area contributed by atoms with Gasteiger partial charge < -0.3 is 15.3 Å². The molecule has 1 fully saturated rings. The molecule has 0 aromatic heterocycles. The number of rotatable bonds is 3. The van der Waals surface area contributed by atoms with Gasteiger partial charge in [0.2, 0.25) is 0 Å². The van der Waals surface area contributed by atoms with E-state index in [9.17, 15) is 9.59 Å². The minimum Gasteiger partial charge on any atom is -0.478 e. The van der Waals surface area contributed by atoms with E-state index in [1.807, 2.05) is 16.7 Å². The predicted octanol–water partition coefficient (Wildman–Crippen LogP) is 2.74. The van der Waals surface area contributed by atoms with E-state index in [2.05, 4.69) is 12.2 Å². The monoisotopic (exact) mass is 294 g/mol. The van der Waals surface area contributed by atoms with E-state index >= 15 is 0 Å². The minimum absolute atomic E-state index is 0.119. The molecule has 2 N–H and O–H groups in total. The maximum atomic E-state index is 12.1. The summed E-state index contributed by atoms with van der Waals surface area (Å²) in [6.45, 7) is 3.64. The summed E-state index contributed by atoms with van der Waals surface area (Å²) in [6, 6.07) is 6.07. The highest BCUT2D eigenvalue weighted by molar-refractivity contribution is 8.00. The Morgan fingerprint density at radius 2 is 2.10 bits per heavy atom. The third kappa shape index (κ3) is 3.66. The Hall–Kier alpha value is -1.69. The van der Waals surface area contributed by atoms with Crippen LogP contribution in [0.2, 0.25) is 0 Å². The minimum atomic E-state index is -0.971. The summed E-state index contributed by atoms with van der Waals surface area (Å²) in [5.74, 6) is -0.00845. The molecule has 1 heterocycles. The molecule has 0 saturated carbocycles. The van der Waals surface area contributed by atoms with Crippen LogP contribution in [0, 0.1) is 0 Å². The van der Waals surface area contributed by atoms with Crippen molar-refractivity contribution in [2.24, 2.45) is 0 Å². The van der Waals surface area contributed by atoms with Gasteiger partial charge in [-0.3, -0.25) is 0 Å². The lowest BCUT2D eigenvalue weighted by Crippen LogP contribution is -2.43. The standard InChI is InChI=1S/C14H18N2O3S/c1-2-12-9-16(7-8-20-12)14(19)15-11-5-3-10(4-6-11)13(17)18/h3-6,12H,2,7-9H2,1H3,(H,15,19)(H,17,18). The average molecular weight is 294 g/mol. The molecule has 0 radical (unpaired) electrons. The number of carboxylic acid groups (broad SMARTS) is 1. The molecule has 1 saturated heterocycles. The van der Waals surface area contributed by atoms with E-state index in [-0.39, 0.29) is 11.6 Å². The maximum Gasteiger partial charge on any atom is 0.335 e. The first kappa shape index (κ1) is 14.7. The Balaban J connectivity index is 1.95. The Kier molecular flexibility index (Phi) is 4.89. The number of hydrogen-bond acceptors (Lipinski definition) is 3. The molecule has 20 heavy (non-hydrogen) atoms. The van der Waals surface area contributed by atoms with Gasteiger partial charge in [0.05, 0.1) is 5.56 Å². The summed E-state index contributed by atoms with van der Waals surface area (Å²) in [5, 5.41) is 12.1. The lowest BCUT2D eigenvalue weighted by molar-refractivity contribution is 0.0697. The number of amides is 2. The van der Waals surface area contributed by atoms with Gasteiger partial charge in [-0.05, 0) is 30.7 Å². The molecule has 1 aromatic rings. The molecule has 1 aromatic carbocycles. The Bertz CT molecular complexity index is 490. The molecule has 2 amide bonds. The van der Waals surface area contributed by atoms with Crippen LogP contribution < -0.4 is 5.32 Å². The Morgan fingerprint density at radius 3 is 2.70 bits per heavy atom. The molecule has 108 valence electrons. The van der Waals surface area contributed by atoms with Crippen LogP contribution in [-0.2, 0) is 0 Å². The fourth-order valence-corrected chi connectivity index (χ4v) is 3.23. The molecular weight excluding hydrogens is 276 g/mol. The van der Waals surface area contributed by atoms with Crippen molar-refractivity contribution in [3.05, 3.63) is 29.8 Å². The number of nitrogens with one attached hydrogen (secondary N) is 1. The second-order valence-electron chi connectivity index (χ2n) is 4.66. The van der Waals surface area contributed by atoms with Crippen molar-refractivity contribution < 1.29 is 14.7 Å². The summed E-state index contributed by atoms with van der Waals surface area (Å²) >= 11 is 1.91. The normalized spacial score (nSPS) is 18.6. The number of aromatic carboxylic acids is 1. The Morgan fingerprint density at radius 1 is 1.40 bits per heavy atom. The van der Waals surface area contributed by atoms with E-state index < -0.39 is 5.97 Å². The van der Waals surface area contributed by atoms with Crippen LogP contribution in [-0.4, -0.2) is 46.1 Å². The molecule has 5 nitrogen and oxygen atoms in total. The smallest absolute Gasteiger partial charge is 0.335 e. The first-order valence-electron chi connectivity index (χ1n) is 6.61. The molecule has 0 aliphatic carbocycles. The molecule has 1 aliphatic rings. The van der Waals surface area contributed by atoms with E-state index in [1.54, 1.807) is 12.1 Å². The van der Waals surface area contributed by atoms with Crippen molar-refractivity contribution in [1.29, 1.82) is 0 Å². The number of hydrogen-bond donors (Lipinski definition) is 2. The van der Waals surface area contributed by atoms with Crippen molar-refractivity contribution in [3.63, 3.8) is 0 Å². The zero-order valence-corrected chi connectivity index (χ0v) is 12.2. The van der Waals surface area contributed by atoms with Crippen molar-refractivity contribution >= 4 is 29.4 Å². The zero-order valence-electron chi connectivity index (χ0n) is 11.3.